The Labute approximate surface area is 90.3 Å². The lowest BCUT2D eigenvalue weighted by Crippen LogP contribution is -2.14. The van der Waals surface area contributed by atoms with E-state index in [1.165, 1.54) is 42.5 Å². The van der Waals surface area contributed by atoms with Gasteiger partial charge < -0.3 is 5.73 Å². The van der Waals surface area contributed by atoms with Crippen LogP contribution >= 0.6 is 11.3 Å². The van der Waals surface area contributed by atoms with E-state index in [0.29, 0.717) is 0 Å². The number of nitrogens with two attached hydrogens (primary N) is 1. The molecule has 1 heterocycles. The van der Waals surface area contributed by atoms with Crippen molar-refractivity contribution in [3.05, 3.63) is 21.9 Å². The van der Waals surface area contributed by atoms with Crippen LogP contribution in [0.5, 0.6) is 0 Å². The Bertz CT molecular complexity index is 286. The van der Waals surface area contributed by atoms with Crippen LogP contribution in [0.2, 0.25) is 0 Å². The van der Waals surface area contributed by atoms with E-state index < -0.39 is 0 Å². The summed E-state index contributed by atoms with van der Waals surface area (Å²) in [7, 11) is 0. The topological polar surface area (TPSA) is 26.0 Å². The summed E-state index contributed by atoms with van der Waals surface area (Å²) in [5.74, 6) is 0.893. The fourth-order valence-electron chi connectivity index (χ4n) is 2.51. The van der Waals surface area contributed by atoms with Gasteiger partial charge in [-0.15, -0.1) is 11.3 Å². The van der Waals surface area contributed by atoms with Gasteiger partial charge in [-0.25, -0.2) is 0 Å². The molecule has 0 aromatic carbocycles. The molecular weight excluding hydrogens is 190 g/mol. The van der Waals surface area contributed by atoms with Gasteiger partial charge in [0.25, 0.3) is 0 Å². The second-order valence-electron chi connectivity index (χ2n) is 4.42. The van der Waals surface area contributed by atoms with Crippen LogP contribution in [0.15, 0.2) is 11.4 Å². The summed E-state index contributed by atoms with van der Waals surface area (Å²) in [4.78, 5) is 1.40. The molecule has 0 radical (unpaired) electrons. The highest BCUT2D eigenvalue weighted by atomic mass is 32.1. The minimum atomic E-state index is 0.282. The SMILES string of the molecule is Cc1sccc1C(N)CC1CCCC1. The van der Waals surface area contributed by atoms with Crippen molar-refractivity contribution in [2.45, 2.75) is 45.1 Å². The highest BCUT2D eigenvalue weighted by Crippen LogP contribution is 2.33. The number of thiophene rings is 1. The summed E-state index contributed by atoms with van der Waals surface area (Å²) in [5.41, 5.74) is 7.60. The zero-order valence-corrected chi connectivity index (χ0v) is 9.65. The second kappa shape index (κ2) is 4.45. The molecule has 0 aliphatic heterocycles. The van der Waals surface area contributed by atoms with Crippen LogP contribution in [0.25, 0.3) is 0 Å². The lowest BCUT2D eigenvalue weighted by Gasteiger charge is -2.16. The molecule has 1 fully saturated rings. The van der Waals surface area contributed by atoms with Gasteiger partial charge in [0, 0.05) is 10.9 Å². The van der Waals surface area contributed by atoms with Crippen molar-refractivity contribution in [2.75, 3.05) is 0 Å². The van der Waals surface area contributed by atoms with Crippen LogP contribution < -0.4 is 5.73 Å². The van der Waals surface area contributed by atoms with Gasteiger partial charge in [-0.3, -0.25) is 0 Å². The summed E-state index contributed by atoms with van der Waals surface area (Å²) >= 11 is 1.81. The Morgan fingerprint density at radius 2 is 2.21 bits per heavy atom. The standard InChI is InChI=1S/C12H19NS/c1-9-11(6-7-14-9)12(13)8-10-4-2-3-5-10/h6-7,10,12H,2-5,8,13H2,1H3. The first-order valence-electron chi connectivity index (χ1n) is 5.57. The van der Waals surface area contributed by atoms with Crippen molar-refractivity contribution in [3.8, 4) is 0 Å². The normalized spacial score (nSPS) is 20.1. The fourth-order valence-corrected chi connectivity index (χ4v) is 3.29. The molecule has 1 atom stereocenters. The Balaban J connectivity index is 1.95. The molecular formula is C12H19NS. The maximum atomic E-state index is 6.23. The van der Waals surface area contributed by atoms with Gasteiger partial charge in [-0.1, -0.05) is 25.7 Å². The van der Waals surface area contributed by atoms with E-state index in [2.05, 4.69) is 18.4 Å². The lowest BCUT2D eigenvalue weighted by atomic mass is 9.95. The van der Waals surface area contributed by atoms with Gasteiger partial charge >= 0.3 is 0 Å². The third-order valence-corrected chi connectivity index (χ3v) is 4.22. The van der Waals surface area contributed by atoms with E-state index in [1.807, 2.05) is 11.3 Å². The van der Waals surface area contributed by atoms with Crippen molar-refractivity contribution in [2.24, 2.45) is 11.7 Å². The van der Waals surface area contributed by atoms with Gasteiger partial charge in [-0.05, 0) is 36.3 Å². The molecule has 1 nitrogen and oxygen atoms in total. The molecule has 2 heteroatoms. The van der Waals surface area contributed by atoms with Crippen molar-refractivity contribution in [1.82, 2.24) is 0 Å². The Hall–Kier alpha value is -0.340. The van der Waals surface area contributed by atoms with Crippen LogP contribution in [0, 0.1) is 12.8 Å². The van der Waals surface area contributed by atoms with Crippen LogP contribution in [0.3, 0.4) is 0 Å². The maximum absolute atomic E-state index is 6.23. The molecule has 1 aliphatic rings. The van der Waals surface area contributed by atoms with Crippen molar-refractivity contribution >= 4 is 11.3 Å². The predicted octanol–water partition coefficient (Wildman–Crippen LogP) is 3.64. The Kier molecular flexibility index (Phi) is 3.24. The van der Waals surface area contributed by atoms with Crippen molar-refractivity contribution < 1.29 is 0 Å². The molecule has 0 saturated heterocycles. The summed E-state index contributed by atoms with van der Waals surface area (Å²) < 4.78 is 0. The predicted molar refractivity (Wildman–Crippen MR) is 62.6 cm³/mol. The van der Waals surface area contributed by atoms with Gasteiger partial charge in [0.2, 0.25) is 0 Å². The molecule has 1 aromatic heterocycles. The lowest BCUT2D eigenvalue weighted by molar-refractivity contribution is 0.450. The molecule has 1 saturated carbocycles. The first-order chi connectivity index (χ1) is 6.77. The van der Waals surface area contributed by atoms with Gasteiger partial charge in [0.15, 0.2) is 0 Å². The van der Waals surface area contributed by atoms with Crippen LogP contribution in [-0.4, -0.2) is 0 Å². The fraction of sp³-hybridized carbons (Fsp3) is 0.667. The largest absolute Gasteiger partial charge is 0.324 e. The zero-order valence-electron chi connectivity index (χ0n) is 8.83. The minimum Gasteiger partial charge on any atom is -0.324 e. The van der Waals surface area contributed by atoms with E-state index in [0.717, 1.165) is 5.92 Å². The van der Waals surface area contributed by atoms with E-state index in [-0.39, 0.29) is 6.04 Å². The van der Waals surface area contributed by atoms with Crippen LogP contribution in [0.1, 0.15) is 48.6 Å². The zero-order chi connectivity index (χ0) is 9.97. The van der Waals surface area contributed by atoms with Crippen LogP contribution in [0.4, 0.5) is 0 Å². The molecule has 14 heavy (non-hydrogen) atoms. The number of hydrogen-bond donors (Lipinski definition) is 1. The van der Waals surface area contributed by atoms with E-state index in [1.54, 1.807) is 0 Å². The molecule has 1 unspecified atom stereocenters. The summed E-state index contributed by atoms with van der Waals surface area (Å²) in [6, 6.07) is 2.48. The third kappa shape index (κ3) is 2.18. The molecule has 2 N–H and O–H groups in total. The molecule has 1 aliphatic carbocycles. The molecule has 2 rings (SSSR count). The first kappa shape index (κ1) is 10.2. The molecule has 0 bridgehead atoms. The van der Waals surface area contributed by atoms with Gasteiger partial charge in [-0.2, -0.15) is 0 Å². The average Bonchev–Trinajstić information content (AvgIpc) is 2.75. The van der Waals surface area contributed by atoms with E-state index in [9.17, 15) is 0 Å². The molecule has 1 aromatic rings. The average molecular weight is 209 g/mol. The third-order valence-electron chi connectivity index (χ3n) is 3.36. The maximum Gasteiger partial charge on any atom is 0.0308 e. The second-order valence-corrected chi connectivity index (χ2v) is 5.55. The van der Waals surface area contributed by atoms with Crippen molar-refractivity contribution in [1.29, 1.82) is 0 Å². The summed E-state index contributed by atoms with van der Waals surface area (Å²) in [6.45, 7) is 2.18. The summed E-state index contributed by atoms with van der Waals surface area (Å²) in [5, 5.41) is 2.15. The van der Waals surface area contributed by atoms with Crippen LogP contribution in [-0.2, 0) is 0 Å². The smallest absolute Gasteiger partial charge is 0.0308 e. The minimum absolute atomic E-state index is 0.282. The number of aryl methyl sites for hydroxylation is 1. The quantitative estimate of drug-likeness (QED) is 0.808. The van der Waals surface area contributed by atoms with E-state index in [4.69, 9.17) is 5.73 Å². The number of hydrogen-bond acceptors (Lipinski definition) is 2. The van der Waals surface area contributed by atoms with E-state index >= 15 is 0 Å². The molecule has 78 valence electrons. The first-order valence-corrected chi connectivity index (χ1v) is 6.45. The highest BCUT2D eigenvalue weighted by molar-refractivity contribution is 7.10. The Morgan fingerprint density at radius 1 is 1.50 bits per heavy atom. The van der Waals surface area contributed by atoms with Gasteiger partial charge in [0.05, 0.1) is 0 Å². The molecule has 0 amide bonds. The monoisotopic (exact) mass is 209 g/mol. The van der Waals surface area contributed by atoms with Gasteiger partial charge in [0.1, 0.15) is 0 Å². The highest BCUT2D eigenvalue weighted by Gasteiger charge is 2.19. The Morgan fingerprint density at radius 3 is 2.79 bits per heavy atom. The molecule has 0 spiro atoms. The summed E-state index contributed by atoms with van der Waals surface area (Å²) in [6.07, 6.45) is 6.82. The number of rotatable bonds is 3. The van der Waals surface area contributed by atoms with Crippen molar-refractivity contribution in [3.63, 3.8) is 0 Å².